The monoisotopic (exact) mass is 664 g/mol. The molecule has 0 saturated carbocycles. The summed E-state index contributed by atoms with van der Waals surface area (Å²) in [6.45, 7) is 0. The quantitative estimate of drug-likeness (QED) is 0.177. The first kappa shape index (κ1) is 28.7. The van der Waals surface area contributed by atoms with Gasteiger partial charge in [-0.2, -0.15) is 0 Å². The van der Waals surface area contributed by atoms with E-state index in [-0.39, 0.29) is 5.56 Å². The number of hydrogen-bond acceptors (Lipinski definition) is 3. The van der Waals surface area contributed by atoms with E-state index in [0.717, 1.165) is 87.5 Å². The lowest BCUT2D eigenvalue weighted by atomic mass is 9.98. The van der Waals surface area contributed by atoms with Crippen molar-refractivity contribution in [2.24, 2.45) is 0 Å². The number of pyridine rings is 1. The molecule has 0 aliphatic heterocycles. The van der Waals surface area contributed by atoms with Gasteiger partial charge in [-0.1, -0.05) is 146 Å². The van der Waals surface area contributed by atoms with Gasteiger partial charge in [-0.3, -0.25) is 13.9 Å². The van der Waals surface area contributed by atoms with E-state index < -0.39 is 0 Å². The van der Waals surface area contributed by atoms with Crippen LogP contribution < -0.4 is 5.56 Å². The number of para-hydroxylation sites is 2. The minimum absolute atomic E-state index is 0.0642. The molecule has 0 bridgehead atoms. The molecule has 0 atom stereocenters. The Balaban J connectivity index is 1.37. The summed E-state index contributed by atoms with van der Waals surface area (Å²) >= 11 is 0. The van der Waals surface area contributed by atoms with E-state index in [1.54, 1.807) is 0 Å². The number of hydrogen-bond donors (Lipinski definition) is 0. The maximum absolute atomic E-state index is 15.1. The molecule has 0 radical (unpaired) electrons. The fourth-order valence-corrected chi connectivity index (χ4v) is 8.25. The Hall–Kier alpha value is -7.11. The Morgan fingerprint density at radius 1 is 0.404 bits per heavy atom. The molecule has 8 aromatic carbocycles. The summed E-state index contributed by atoms with van der Waals surface area (Å²) < 4.78 is 4.06. The van der Waals surface area contributed by atoms with Crippen LogP contribution in [0.1, 0.15) is 0 Å². The fraction of sp³-hybridized carbons (Fsp3) is 0. The van der Waals surface area contributed by atoms with Crippen LogP contribution in [-0.4, -0.2) is 19.1 Å². The van der Waals surface area contributed by atoms with Gasteiger partial charge >= 0.3 is 0 Å². The van der Waals surface area contributed by atoms with Crippen molar-refractivity contribution in [2.75, 3.05) is 0 Å². The first-order valence-electron chi connectivity index (χ1n) is 17.5. The molecule has 5 heteroatoms. The van der Waals surface area contributed by atoms with Gasteiger partial charge in [-0.25, -0.2) is 9.97 Å². The maximum atomic E-state index is 15.1. The smallest absolute Gasteiger partial charge is 0.264 e. The van der Waals surface area contributed by atoms with Gasteiger partial charge in [0, 0.05) is 32.8 Å². The fourth-order valence-electron chi connectivity index (χ4n) is 8.25. The van der Waals surface area contributed by atoms with Crippen molar-refractivity contribution < 1.29 is 0 Å². The van der Waals surface area contributed by atoms with Crippen LogP contribution in [0.2, 0.25) is 0 Å². The predicted octanol–water partition coefficient (Wildman–Crippen LogP) is 11.2. The van der Waals surface area contributed by atoms with Crippen LogP contribution >= 0.6 is 0 Å². The Morgan fingerprint density at radius 3 is 1.71 bits per heavy atom. The number of nitrogens with zero attached hydrogens (tertiary/aromatic N) is 4. The summed E-state index contributed by atoms with van der Waals surface area (Å²) in [7, 11) is 0. The van der Waals surface area contributed by atoms with E-state index in [9.17, 15) is 0 Å². The maximum Gasteiger partial charge on any atom is 0.264 e. The van der Waals surface area contributed by atoms with E-state index in [2.05, 4.69) is 120 Å². The summed E-state index contributed by atoms with van der Waals surface area (Å²) in [6, 6.07) is 58.1. The molecule has 11 aromatic rings. The lowest BCUT2D eigenvalue weighted by Crippen LogP contribution is -2.20. The highest BCUT2D eigenvalue weighted by Crippen LogP contribution is 2.41. The van der Waals surface area contributed by atoms with Crippen molar-refractivity contribution in [1.29, 1.82) is 0 Å². The molecule has 0 spiro atoms. The molecule has 0 unspecified atom stereocenters. The van der Waals surface area contributed by atoms with Crippen LogP contribution in [0.5, 0.6) is 0 Å². The van der Waals surface area contributed by atoms with E-state index in [0.29, 0.717) is 11.3 Å². The standard InChI is InChI=1S/C47H28N4O/c52-46-41-33-19-9-7-13-29(33)23-25-36(41)38-27-26-37-35-21-11-12-22-40(35)51(45(37)44(38)50(46)32-17-5-2-6-18-32)47-48-39-28-24-30-14-8-10-20-34(30)42(39)43(49-47)31-15-3-1-4-16-31/h1-28H. The molecule has 0 N–H and O–H groups in total. The average Bonchev–Trinajstić information content (AvgIpc) is 3.55. The summed E-state index contributed by atoms with van der Waals surface area (Å²) in [5.74, 6) is 0.547. The summed E-state index contributed by atoms with van der Waals surface area (Å²) in [5.41, 5.74) is 6.13. The lowest BCUT2D eigenvalue weighted by molar-refractivity contribution is 1.01. The zero-order valence-electron chi connectivity index (χ0n) is 27.9. The van der Waals surface area contributed by atoms with Crippen molar-refractivity contribution >= 4 is 75.9 Å². The van der Waals surface area contributed by atoms with Gasteiger partial charge in [0.25, 0.3) is 5.56 Å². The average molecular weight is 665 g/mol. The first-order valence-corrected chi connectivity index (χ1v) is 17.5. The van der Waals surface area contributed by atoms with Crippen molar-refractivity contribution in [3.8, 4) is 22.9 Å². The Bertz CT molecular complexity index is 3310. The largest absolute Gasteiger partial charge is 0.276 e. The summed E-state index contributed by atoms with van der Waals surface area (Å²) in [5, 5.41) is 9.92. The molecule has 3 aromatic heterocycles. The summed E-state index contributed by atoms with van der Waals surface area (Å²) in [4.78, 5) is 25.9. The number of aromatic nitrogens is 4. The highest BCUT2D eigenvalue weighted by Gasteiger charge is 2.24. The lowest BCUT2D eigenvalue weighted by Gasteiger charge is -2.18. The second-order valence-corrected chi connectivity index (χ2v) is 13.3. The molecule has 0 aliphatic carbocycles. The number of benzene rings is 8. The zero-order chi connectivity index (χ0) is 34.3. The van der Waals surface area contributed by atoms with Gasteiger partial charge < -0.3 is 0 Å². The minimum Gasteiger partial charge on any atom is -0.276 e. The third-order valence-corrected chi connectivity index (χ3v) is 10.5. The normalized spacial score (nSPS) is 11.9. The molecule has 0 aliphatic rings. The first-order chi connectivity index (χ1) is 25.7. The third-order valence-electron chi connectivity index (χ3n) is 10.5. The molecule has 0 saturated heterocycles. The van der Waals surface area contributed by atoms with Crippen molar-refractivity contribution in [3.05, 3.63) is 180 Å². The zero-order valence-corrected chi connectivity index (χ0v) is 27.9. The highest BCUT2D eigenvalue weighted by molar-refractivity contribution is 6.24. The minimum atomic E-state index is -0.0642. The van der Waals surface area contributed by atoms with E-state index in [4.69, 9.17) is 9.97 Å². The molecular formula is C47H28N4O. The van der Waals surface area contributed by atoms with Gasteiger partial charge in [-0.05, 0) is 51.2 Å². The van der Waals surface area contributed by atoms with Crippen LogP contribution in [-0.2, 0) is 0 Å². The van der Waals surface area contributed by atoms with Gasteiger partial charge in [0.15, 0.2) is 0 Å². The number of rotatable bonds is 3. The number of fused-ring (bicyclic) bond motifs is 12. The van der Waals surface area contributed by atoms with E-state index in [1.807, 2.05) is 59.2 Å². The van der Waals surface area contributed by atoms with Crippen LogP contribution in [0.25, 0.3) is 98.8 Å². The molecule has 242 valence electrons. The Labute approximate surface area is 297 Å². The molecular weight excluding hydrogens is 637 g/mol. The Morgan fingerprint density at radius 2 is 0.962 bits per heavy atom. The SMILES string of the molecule is O=c1c2c3ccccc3ccc2c2ccc3c4ccccc4n(-c4nc(-c5ccccc5)c5c(ccc6ccccc65)n4)c3c2n1-c1ccccc1. The Kier molecular flexibility index (Phi) is 6.04. The summed E-state index contributed by atoms with van der Waals surface area (Å²) in [6.07, 6.45) is 0. The second-order valence-electron chi connectivity index (χ2n) is 13.3. The molecule has 0 fully saturated rings. The topological polar surface area (TPSA) is 52.7 Å². The van der Waals surface area contributed by atoms with Gasteiger partial charge in [0.2, 0.25) is 5.95 Å². The van der Waals surface area contributed by atoms with Crippen molar-refractivity contribution in [1.82, 2.24) is 19.1 Å². The van der Waals surface area contributed by atoms with Crippen LogP contribution in [0.3, 0.4) is 0 Å². The van der Waals surface area contributed by atoms with E-state index >= 15 is 4.79 Å². The second kappa shape index (κ2) is 10.9. The molecule has 0 amide bonds. The van der Waals surface area contributed by atoms with Gasteiger partial charge in [0.1, 0.15) is 0 Å². The molecule has 11 rings (SSSR count). The molecule has 52 heavy (non-hydrogen) atoms. The van der Waals surface area contributed by atoms with Crippen molar-refractivity contribution in [3.63, 3.8) is 0 Å². The van der Waals surface area contributed by atoms with Crippen molar-refractivity contribution in [2.45, 2.75) is 0 Å². The molecule has 3 heterocycles. The molecule has 5 nitrogen and oxygen atoms in total. The van der Waals surface area contributed by atoms with Gasteiger partial charge in [0.05, 0.1) is 33.1 Å². The van der Waals surface area contributed by atoms with Gasteiger partial charge in [-0.15, -0.1) is 0 Å². The predicted molar refractivity (Wildman–Crippen MR) is 215 cm³/mol. The van der Waals surface area contributed by atoms with Crippen LogP contribution in [0, 0.1) is 0 Å². The third kappa shape index (κ3) is 4.02. The highest BCUT2D eigenvalue weighted by atomic mass is 16.1. The van der Waals surface area contributed by atoms with Crippen LogP contribution in [0.4, 0.5) is 0 Å². The van der Waals surface area contributed by atoms with Crippen LogP contribution in [0.15, 0.2) is 175 Å². The van der Waals surface area contributed by atoms with E-state index in [1.165, 1.54) is 0 Å².